The number of aromatic amines is 1. The third kappa shape index (κ3) is 3.75. The van der Waals surface area contributed by atoms with Gasteiger partial charge in [-0.2, -0.15) is 5.10 Å². The average Bonchev–Trinajstić information content (AvgIpc) is 2.96. The highest BCUT2D eigenvalue weighted by atomic mass is 32.1. The van der Waals surface area contributed by atoms with E-state index in [9.17, 15) is 4.79 Å². The molecule has 0 saturated heterocycles. The molecule has 2 aromatic rings. The van der Waals surface area contributed by atoms with Crippen molar-refractivity contribution in [3.05, 3.63) is 33.9 Å². The fourth-order valence-corrected chi connectivity index (χ4v) is 2.06. The zero-order chi connectivity index (χ0) is 13.8. The van der Waals surface area contributed by atoms with Crippen molar-refractivity contribution in [2.24, 2.45) is 0 Å². The van der Waals surface area contributed by atoms with Gasteiger partial charge in [-0.1, -0.05) is 13.8 Å². The third-order valence-corrected chi connectivity index (χ3v) is 3.30. The highest BCUT2D eigenvalue weighted by molar-refractivity contribution is 7.09. The van der Waals surface area contributed by atoms with Gasteiger partial charge in [0.05, 0.1) is 10.7 Å². The molecule has 2 rings (SSSR count). The molecule has 0 atom stereocenters. The average molecular weight is 276 g/mol. The SMILES string of the molecule is Cc1nc(/C=C/C(=O)Nc2cc(C(C)C)[nH]n2)cs1. The molecular weight excluding hydrogens is 260 g/mol. The molecule has 0 bridgehead atoms. The van der Waals surface area contributed by atoms with Crippen LogP contribution in [0.15, 0.2) is 17.5 Å². The van der Waals surface area contributed by atoms with Gasteiger partial charge in [-0.05, 0) is 18.9 Å². The van der Waals surface area contributed by atoms with Crippen molar-refractivity contribution in [2.45, 2.75) is 26.7 Å². The van der Waals surface area contributed by atoms with Gasteiger partial charge in [-0.15, -0.1) is 11.3 Å². The van der Waals surface area contributed by atoms with Crippen molar-refractivity contribution in [1.82, 2.24) is 15.2 Å². The Morgan fingerprint density at radius 2 is 2.32 bits per heavy atom. The number of hydrogen-bond donors (Lipinski definition) is 2. The predicted molar refractivity (Wildman–Crippen MR) is 77.2 cm³/mol. The minimum atomic E-state index is -0.215. The van der Waals surface area contributed by atoms with Gasteiger partial charge >= 0.3 is 0 Å². The number of carbonyl (C=O) groups excluding carboxylic acids is 1. The summed E-state index contributed by atoms with van der Waals surface area (Å²) < 4.78 is 0. The first-order valence-electron chi connectivity index (χ1n) is 6.01. The van der Waals surface area contributed by atoms with Crippen LogP contribution in [0, 0.1) is 6.92 Å². The minimum Gasteiger partial charge on any atom is -0.306 e. The first-order chi connectivity index (χ1) is 9.04. The summed E-state index contributed by atoms with van der Waals surface area (Å²) in [5, 5.41) is 12.5. The molecule has 0 radical (unpaired) electrons. The molecule has 100 valence electrons. The minimum absolute atomic E-state index is 0.215. The fraction of sp³-hybridized carbons (Fsp3) is 0.308. The van der Waals surface area contributed by atoms with Gasteiger partial charge in [-0.25, -0.2) is 4.98 Å². The van der Waals surface area contributed by atoms with Crippen molar-refractivity contribution in [1.29, 1.82) is 0 Å². The lowest BCUT2D eigenvalue weighted by Gasteiger charge is -1.97. The van der Waals surface area contributed by atoms with Crippen molar-refractivity contribution < 1.29 is 4.79 Å². The number of rotatable bonds is 4. The van der Waals surface area contributed by atoms with Gasteiger partial charge in [0, 0.05) is 23.2 Å². The number of carbonyl (C=O) groups is 1. The first-order valence-corrected chi connectivity index (χ1v) is 6.89. The van der Waals surface area contributed by atoms with E-state index in [0.29, 0.717) is 11.7 Å². The lowest BCUT2D eigenvalue weighted by Crippen LogP contribution is -2.07. The van der Waals surface area contributed by atoms with E-state index in [-0.39, 0.29) is 5.91 Å². The van der Waals surface area contributed by atoms with Gasteiger partial charge < -0.3 is 5.32 Å². The zero-order valence-electron chi connectivity index (χ0n) is 11.1. The number of hydrogen-bond acceptors (Lipinski definition) is 4. The maximum Gasteiger partial charge on any atom is 0.249 e. The molecule has 0 spiro atoms. The van der Waals surface area contributed by atoms with Crippen LogP contribution < -0.4 is 5.32 Å². The lowest BCUT2D eigenvalue weighted by molar-refractivity contribution is -0.111. The molecule has 2 heterocycles. The van der Waals surface area contributed by atoms with E-state index in [1.54, 1.807) is 17.4 Å². The summed E-state index contributed by atoms with van der Waals surface area (Å²) in [4.78, 5) is 15.9. The number of aryl methyl sites for hydroxylation is 1. The number of amides is 1. The molecule has 19 heavy (non-hydrogen) atoms. The van der Waals surface area contributed by atoms with E-state index in [4.69, 9.17) is 0 Å². The predicted octanol–water partition coefficient (Wildman–Crippen LogP) is 2.95. The van der Waals surface area contributed by atoms with Gasteiger partial charge in [-0.3, -0.25) is 9.89 Å². The summed E-state index contributed by atoms with van der Waals surface area (Å²) in [5.41, 5.74) is 1.79. The Kier molecular flexibility index (Phi) is 4.11. The third-order valence-electron chi connectivity index (χ3n) is 2.51. The normalized spacial score (nSPS) is 11.4. The molecule has 6 heteroatoms. The summed E-state index contributed by atoms with van der Waals surface area (Å²) in [5.74, 6) is 0.673. The number of thiazole rings is 1. The number of aromatic nitrogens is 3. The van der Waals surface area contributed by atoms with Gasteiger partial charge in [0.25, 0.3) is 0 Å². The standard InChI is InChI=1S/C13H16N4OS/c1-8(2)11-6-12(17-16-11)15-13(18)5-4-10-7-19-9(3)14-10/h4-8H,1-3H3,(H2,15,16,17,18)/b5-4+. The second kappa shape index (κ2) is 5.79. The van der Waals surface area contributed by atoms with Crippen molar-refractivity contribution in [3.8, 4) is 0 Å². The molecule has 1 amide bonds. The van der Waals surface area contributed by atoms with Crippen LogP contribution in [0.4, 0.5) is 5.82 Å². The maximum absolute atomic E-state index is 11.7. The summed E-state index contributed by atoms with van der Waals surface area (Å²) in [6.07, 6.45) is 3.15. The van der Waals surface area contributed by atoms with Crippen molar-refractivity contribution in [2.75, 3.05) is 5.32 Å². The molecule has 0 aliphatic heterocycles. The second-order valence-corrected chi connectivity index (χ2v) is 5.54. The smallest absolute Gasteiger partial charge is 0.249 e. The van der Waals surface area contributed by atoms with E-state index < -0.39 is 0 Å². The second-order valence-electron chi connectivity index (χ2n) is 4.48. The zero-order valence-corrected chi connectivity index (χ0v) is 11.9. The molecule has 2 aromatic heterocycles. The van der Waals surface area contributed by atoms with E-state index >= 15 is 0 Å². The maximum atomic E-state index is 11.7. The van der Waals surface area contributed by atoms with Crippen LogP contribution in [0.1, 0.15) is 36.2 Å². The number of H-pyrrole nitrogens is 1. The van der Waals surface area contributed by atoms with Crippen LogP contribution in [-0.2, 0) is 4.79 Å². The first kappa shape index (κ1) is 13.5. The Morgan fingerprint density at radius 3 is 2.89 bits per heavy atom. The van der Waals surface area contributed by atoms with E-state index in [1.807, 2.05) is 18.4 Å². The molecule has 5 nitrogen and oxygen atoms in total. The topological polar surface area (TPSA) is 70.7 Å². The Morgan fingerprint density at radius 1 is 1.53 bits per heavy atom. The highest BCUT2D eigenvalue weighted by Gasteiger charge is 2.06. The summed E-state index contributed by atoms with van der Waals surface area (Å²) in [6.45, 7) is 6.05. The Labute approximate surface area is 115 Å². The molecule has 0 aliphatic rings. The van der Waals surface area contributed by atoms with E-state index in [1.165, 1.54) is 6.08 Å². The largest absolute Gasteiger partial charge is 0.306 e. The van der Waals surface area contributed by atoms with Gasteiger partial charge in [0.1, 0.15) is 0 Å². The van der Waals surface area contributed by atoms with Crippen LogP contribution in [0.3, 0.4) is 0 Å². The van der Waals surface area contributed by atoms with E-state index in [2.05, 4.69) is 34.3 Å². The number of nitrogens with zero attached hydrogens (tertiary/aromatic N) is 2. The summed E-state index contributed by atoms with van der Waals surface area (Å²) in [6, 6.07) is 1.84. The monoisotopic (exact) mass is 276 g/mol. The Bertz CT molecular complexity index is 597. The Hall–Kier alpha value is -1.95. The molecule has 2 N–H and O–H groups in total. The summed E-state index contributed by atoms with van der Waals surface area (Å²) >= 11 is 1.56. The molecule has 0 unspecified atom stereocenters. The van der Waals surface area contributed by atoms with Crippen LogP contribution >= 0.6 is 11.3 Å². The van der Waals surface area contributed by atoms with Gasteiger partial charge in [0.2, 0.25) is 5.91 Å². The number of nitrogens with one attached hydrogen (secondary N) is 2. The van der Waals surface area contributed by atoms with Crippen molar-refractivity contribution >= 4 is 29.1 Å². The molecular formula is C13H16N4OS. The van der Waals surface area contributed by atoms with Crippen LogP contribution in [0.2, 0.25) is 0 Å². The fourth-order valence-electron chi connectivity index (χ4n) is 1.48. The van der Waals surface area contributed by atoms with Crippen LogP contribution in [0.25, 0.3) is 6.08 Å². The molecule has 0 aromatic carbocycles. The molecule has 0 saturated carbocycles. The van der Waals surface area contributed by atoms with Crippen molar-refractivity contribution in [3.63, 3.8) is 0 Å². The van der Waals surface area contributed by atoms with E-state index in [0.717, 1.165) is 16.4 Å². The van der Waals surface area contributed by atoms with Crippen LogP contribution in [-0.4, -0.2) is 21.1 Å². The lowest BCUT2D eigenvalue weighted by atomic mass is 10.1. The van der Waals surface area contributed by atoms with Crippen LogP contribution in [0.5, 0.6) is 0 Å². The number of anilines is 1. The quantitative estimate of drug-likeness (QED) is 0.843. The molecule has 0 aliphatic carbocycles. The summed E-state index contributed by atoms with van der Waals surface area (Å²) in [7, 11) is 0. The highest BCUT2D eigenvalue weighted by Crippen LogP contribution is 2.15. The van der Waals surface area contributed by atoms with Gasteiger partial charge in [0.15, 0.2) is 5.82 Å². The Balaban J connectivity index is 1.95. The molecule has 0 fully saturated rings.